The first kappa shape index (κ1) is 11.7. The zero-order valence-electron chi connectivity index (χ0n) is 11.3. The molecule has 1 aromatic heterocycles. The van der Waals surface area contributed by atoms with Crippen molar-refractivity contribution in [3.05, 3.63) is 41.6 Å². The molecule has 0 spiro atoms. The molecule has 0 amide bonds. The molecule has 2 unspecified atom stereocenters. The van der Waals surface area contributed by atoms with Gasteiger partial charge in [0.1, 0.15) is 0 Å². The van der Waals surface area contributed by atoms with Crippen LogP contribution in [0.2, 0.25) is 0 Å². The molecule has 2 aromatic rings. The third-order valence-corrected chi connectivity index (χ3v) is 4.52. The van der Waals surface area contributed by atoms with Gasteiger partial charge in [-0.2, -0.15) is 0 Å². The maximum absolute atomic E-state index is 5.90. The number of nitrogens with zero attached hydrogens (tertiary/aromatic N) is 1. The minimum Gasteiger partial charge on any atom is -0.330 e. The first-order valence-corrected chi connectivity index (χ1v) is 6.62. The van der Waals surface area contributed by atoms with Crippen LogP contribution in [-0.2, 0) is 0 Å². The zero-order valence-corrected chi connectivity index (χ0v) is 11.3. The van der Waals surface area contributed by atoms with E-state index in [0.717, 1.165) is 17.8 Å². The van der Waals surface area contributed by atoms with E-state index in [1.807, 2.05) is 0 Å². The lowest BCUT2D eigenvalue weighted by atomic mass is 9.98. The number of rotatable bonds is 2. The van der Waals surface area contributed by atoms with Crippen molar-refractivity contribution in [3.8, 4) is 0 Å². The molecule has 1 aliphatic rings. The Morgan fingerprint density at radius 1 is 1.28 bits per heavy atom. The van der Waals surface area contributed by atoms with Crippen LogP contribution in [0.3, 0.4) is 0 Å². The van der Waals surface area contributed by atoms with Gasteiger partial charge in [0.25, 0.3) is 0 Å². The maximum Gasteiger partial charge on any atom is 0.0708 e. The van der Waals surface area contributed by atoms with Crippen LogP contribution in [0.25, 0.3) is 10.9 Å². The van der Waals surface area contributed by atoms with Gasteiger partial charge in [-0.1, -0.05) is 32.0 Å². The van der Waals surface area contributed by atoms with E-state index < -0.39 is 0 Å². The number of benzene rings is 1. The van der Waals surface area contributed by atoms with E-state index in [0.29, 0.717) is 17.3 Å². The molecule has 2 heteroatoms. The zero-order chi connectivity index (χ0) is 12.9. The summed E-state index contributed by atoms with van der Waals surface area (Å²) < 4.78 is 0. The first-order chi connectivity index (χ1) is 8.55. The van der Waals surface area contributed by atoms with Crippen LogP contribution in [0.4, 0.5) is 0 Å². The standard InChI is InChI=1S/C16H20N2/c1-10-8-12(15-13(9-17)16(15,2)3)11-6-4-5-7-14(11)18-10/h4-8,13,15H,9,17H2,1-3H3. The number of hydrogen-bond acceptors (Lipinski definition) is 2. The van der Waals surface area contributed by atoms with Crippen LogP contribution >= 0.6 is 0 Å². The Balaban J connectivity index is 2.18. The average molecular weight is 240 g/mol. The molecule has 94 valence electrons. The van der Waals surface area contributed by atoms with E-state index in [-0.39, 0.29) is 0 Å². The number of pyridine rings is 1. The molecule has 2 nitrogen and oxygen atoms in total. The molecule has 1 saturated carbocycles. The highest BCUT2D eigenvalue weighted by Gasteiger charge is 2.57. The fourth-order valence-electron chi connectivity index (χ4n) is 3.40. The maximum atomic E-state index is 5.90. The number of nitrogens with two attached hydrogens (primary N) is 1. The normalized spacial score (nSPS) is 25.3. The second-order valence-electron chi connectivity index (χ2n) is 6.01. The van der Waals surface area contributed by atoms with Crippen LogP contribution in [0.5, 0.6) is 0 Å². The summed E-state index contributed by atoms with van der Waals surface area (Å²) in [6.07, 6.45) is 0. The van der Waals surface area contributed by atoms with E-state index in [1.54, 1.807) is 0 Å². The summed E-state index contributed by atoms with van der Waals surface area (Å²) >= 11 is 0. The Kier molecular flexibility index (Phi) is 2.46. The lowest BCUT2D eigenvalue weighted by Crippen LogP contribution is -2.05. The van der Waals surface area contributed by atoms with Crippen LogP contribution in [0, 0.1) is 18.3 Å². The van der Waals surface area contributed by atoms with E-state index in [1.165, 1.54) is 10.9 Å². The van der Waals surface area contributed by atoms with Crippen LogP contribution in [-0.4, -0.2) is 11.5 Å². The predicted molar refractivity (Wildman–Crippen MR) is 75.5 cm³/mol. The van der Waals surface area contributed by atoms with E-state index in [4.69, 9.17) is 5.73 Å². The number of fused-ring (bicyclic) bond motifs is 1. The van der Waals surface area contributed by atoms with Gasteiger partial charge < -0.3 is 5.73 Å². The second kappa shape index (κ2) is 3.79. The highest BCUT2D eigenvalue weighted by molar-refractivity contribution is 5.83. The quantitative estimate of drug-likeness (QED) is 0.875. The third-order valence-electron chi connectivity index (χ3n) is 4.52. The van der Waals surface area contributed by atoms with Gasteiger partial charge in [0, 0.05) is 11.1 Å². The molecule has 1 aliphatic carbocycles. The molecule has 0 saturated heterocycles. The van der Waals surface area contributed by atoms with Gasteiger partial charge in [-0.15, -0.1) is 0 Å². The van der Waals surface area contributed by atoms with Crippen molar-refractivity contribution in [2.75, 3.05) is 6.54 Å². The lowest BCUT2D eigenvalue weighted by molar-refractivity contribution is 0.559. The monoisotopic (exact) mass is 240 g/mol. The minimum absolute atomic E-state index is 0.325. The molecule has 0 bridgehead atoms. The Morgan fingerprint density at radius 3 is 2.67 bits per heavy atom. The van der Waals surface area contributed by atoms with Crippen LogP contribution < -0.4 is 5.73 Å². The number of para-hydroxylation sites is 1. The molecule has 0 aliphatic heterocycles. The third kappa shape index (κ3) is 1.56. The fraction of sp³-hybridized carbons (Fsp3) is 0.438. The average Bonchev–Trinajstić information content (AvgIpc) is 2.89. The number of aryl methyl sites for hydroxylation is 1. The van der Waals surface area contributed by atoms with Crippen molar-refractivity contribution in [2.45, 2.75) is 26.7 Å². The van der Waals surface area contributed by atoms with E-state index >= 15 is 0 Å². The predicted octanol–water partition coefficient (Wildman–Crippen LogP) is 3.24. The number of aromatic nitrogens is 1. The molecule has 2 N–H and O–H groups in total. The van der Waals surface area contributed by atoms with Crippen molar-refractivity contribution >= 4 is 10.9 Å². The largest absolute Gasteiger partial charge is 0.330 e. The molecule has 1 aromatic carbocycles. The summed E-state index contributed by atoms with van der Waals surface area (Å²) in [6, 6.07) is 10.7. The van der Waals surface area contributed by atoms with Crippen molar-refractivity contribution in [1.82, 2.24) is 4.98 Å². The summed E-state index contributed by atoms with van der Waals surface area (Å²) in [4.78, 5) is 4.61. The van der Waals surface area contributed by atoms with Gasteiger partial charge in [-0.25, -0.2) is 0 Å². The molecule has 0 radical (unpaired) electrons. The van der Waals surface area contributed by atoms with E-state index in [2.05, 4.69) is 56.1 Å². The molecular weight excluding hydrogens is 220 g/mol. The molecule has 2 atom stereocenters. The summed E-state index contributed by atoms with van der Waals surface area (Å²) in [5, 5.41) is 1.29. The minimum atomic E-state index is 0.325. The van der Waals surface area contributed by atoms with Gasteiger partial charge in [0.2, 0.25) is 0 Å². The topological polar surface area (TPSA) is 38.9 Å². The fourth-order valence-corrected chi connectivity index (χ4v) is 3.40. The highest BCUT2D eigenvalue weighted by Crippen LogP contribution is 2.64. The summed E-state index contributed by atoms with van der Waals surface area (Å²) in [5.74, 6) is 1.18. The highest BCUT2D eigenvalue weighted by atomic mass is 14.7. The molecular formula is C16H20N2. The van der Waals surface area contributed by atoms with Gasteiger partial charge in [-0.05, 0) is 48.4 Å². The SMILES string of the molecule is Cc1cc(C2C(CN)C2(C)C)c2ccccc2n1. The van der Waals surface area contributed by atoms with E-state index in [9.17, 15) is 0 Å². The molecule has 1 heterocycles. The Hall–Kier alpha value is -1.41. The van der Waals surface area contributed by atoms with Crippen molar-refractivity contribution in [3.63, 3.8) is 0 Å². The molecule has 1 fully saturated rings. The summed E-state index contributed by atoms with van der Waals surface area (Å²) in [6.45, 7) is 7.48. The molecule has 18 heavy (non-hydrogen) atoms. The van der Waals surface area contributed by atoms with Gasteiger partial charge >= 0.3 is 0 Å². The number of hydrogen-bond donors (Lipinski definition) is 1. The Morgan fingerprint density at radius 2 is 2.00 bits per heavy atom. The van der Waals surface area contributed by atoms with Gasteiger partial charge in [-0.3, -0.25) is 4.98 Å². The Bertz CT molecular complexity index is 601. The second-order valence-corrected chi connectivity index (χ2v) is 6.01. The van der Waals surface area contributed by atoms with Crippen LogP contribution in [0.1, 0.15) is 31.0 Å². The Labute approximate surface area is 108 Å². The van der Waals surface area contributed by atoms with Crippen LogP contribution in [0.15, 0.2) is 30.3 Å². The first-order valence-electron chi connectivity index (χ1n) is 6.62. The van der Waals surface area contributed by atoms with Crippen molar-refractivity contribution in [2.24, 2.45) is 17.1 Å². The van der Waals surface area contributed by atoms with Gasteiger partial charge in [0.15, 0.2) is 0 Å². The molecule has 3 rings (SSSR count). The summed E-state index contributed by atoms with van der Waals surface area (Å²) in [7, 11) is 0. The smallest absolute Gasteiger partial charge is 0.0708 e. The summed E-state index contributed by atoms with van der Waals surface area (Å²) in [5.41, 5.74) is 9.86. The van der Waals surface area contributed by atoms with Gasteiger partial charge in [0.05, 0.1) is 5.52 Å². The van der Waals surface area contributed by atoms with Crippen molar-refractivity contribution in [1.29, 1.82) is 0 Å². The lowest BCUT2D eigenvalue weighted by Gasteiger charge is -2.09. The van der Waals surface area contributed by atoms with Crippen molar-refractivity contribution < 1.29 is 0 Å².